The minimum absolute atomic E-state index is 0.196. The molecule has 0 atom stereocenters. The maximum absolute atomic E-state index is 12.4. The van der Waals surface area contributed by atoms with Crippen molar-refractivity contribution in [2.75, 3.05) is 0 Å². The first kappa shape index (κ1) is 13.5. The Balaban J connectivity index is 2.03. The summed E-state index contributed by atoms with van der Waals surface area (Å²) in [6.07, 6.45) is 2.94. The van der Waals surface area contributed by atoms with Crippen molar-refractivity contribution >= 4 is 28.3 Å². The molecule has 0 saturated carbocycles. The summed E-state index contributed by atoms with van der Waals surface area (Å²) in [6, 6.07) is 1.79. The lowest BCUT2D eigenvalue weighted by atomic mass is 10.2. The minimum atomic E-state index is -0.372. The van der Waals surface area contributed by atoms with Crippen molar-refractivity contribution in [2.24, 2.45) is 12.9 Å². The molecule has 3 N–H and O–H groups in total. The summed E-state index contributed by atoms with van der Waals surface area (Å²) >= 11 is 1.27. The second-order valence-corrected chi connectivity index (χ2v) is 5.35. The number of nitrogens with zero attached hydrogens (tertiary/aromatic N) is 4. The van der Waals surface area contributed by atoms with E-state index in [1.54, 1.807) is 23.2 Å². The molecular weight excluding hydrogens is 292 g/mol. The number of hydrogen-bond donors (Lipinski definition) is 2. The molecule has 108 valence electrons. The van der Waals surface area contributed by atoms with Gasteiger partial charge in [-0.15, -0.1) is 11.3 Å². The van der Waals surface area contributed by atoms with Crippen molar-refractivity contribution < 1.29 is 4.79 Å². The Bertz CT molecular complexity index is 877. The average Bonchev–Trinajstić information content (AvgIpc) is 3.09. The third-order valence-corrected chi connectivity index (χ3v) is 4.10. The number of thiophene rings is 1. The van der Waals surface area contributed by atoms with Crippen LogP contribution in [0.15, 0.2) is 28.8 Å². The Labute approximate surface area is 122 Å². The zero-order valence-electron chi connectivity index (χ0n) is 11.1. The van der Waals surface area contributed by atoms with E-state index in [0.717, 1.165) is 5.56 Å². The Hall–Kier alpha value is -2.52. The maximum atomic E-state index is 12.4. The van der Waals surface area contributed by atoms with Crippen molar-refractivity contribution in [3.05, 3.63) is 44.8 Å². The molecule has 0 aromatic carbocycles. The van der Waals surface area contributed by atoms with Gasteiger partial charge in [0, 0.05) is 7.05 Å². The number of aryl methyl sites for hydroxylation is 1. The summed E-state index contributed by atoms with van der Waals surface area (Å²) in [5, 5.41) is 6.24. The van der Waals surface area contributed by atoms with Crippen LogP contribution in [0.3, 0.4) is 0 Å². The number of nitrogens with two attached hydrogens (primary N) is 1. The number of amides is 1. The molecule has 0 aliphatic carbocycles. The normalized spacial score (nSPS) is 11.0. The molecule has 3 aromatic rings. The molecular formula is C12H12N6O2S. The second kappa shape index (κ2) is 5.11. The number of carbonyl (C=O) groups is 1. The van der Waals surface area contributed by atoms with Gasteiger partial charge < -0.3 is 0 Å². The molecule has 0 spiro atoms. The molecule has 0 fully saturated rings. The van der Waals surface area contributed by atoms with Crippen LogP contribution >= 0.6 is 11.3 Å². The molecule has 9 heteroatoms. The molecule has 0 unspecified atom stereocenters. The molecule has 0 radical (unpaired) electrons. The highest BCUT2D eigenvalue weighted by atomic mass is 32.1. The highest BCUT2D eigenvalue weighted by Gasteiger charge is 2.14. The predicted octanol–water partition coefficient (Wildman–Crippen LogP) is -0.157. The van der Waals surface area contributed by atoms with Crippen LogP contribution < -0.4 is 16.8 Å². The van der Waals surface area contributed by atoms with E-state index in [9.17, 15) is 9.59 Å². The first-order valence-corrected chi connectivity index (χ1v) is 6.94. The van der Waals surface area contributed by atoms with E-state index in [2.05, 4.69) is 15.5 Å². The van der Waals surface area contributed by atoms with Gasteiger partial charge in [-0.2, -0.15) is 5.10 Å². The first-order chi connectivity index (χ1) is 10.1. The van der Waals surface area contributed by atoms with Crippen LogP contribution in [0, 0.1) is 0 Å². The van der Waals surface area contributed by atoms with Crippen molar-refractivity contribution in [1.29, 1.82) is 0 Å². The topological polar surface area (TPSA) is 108 Å². The number of nitrogens with one attached hydrogen (secondary N) is 1. The number of hydrazine groups is 1. The van der Waals surface area contributed by atoms with Crippen LogP contribution in [-0.2, 0) is 13.6 Å². The van der Waals surface area contributed by atoms with Crippen LogP contribution in [0.5, 0.6) is 0 Å². The molecule has 21 heavy (non-hydrogen) atoms. The summed E-state index contributed by atoms with van der Waals surface area (Å²) < 4.78 is 2.98. The van der Waals surface area contributed by atoms with E-state index in [-0.39, 0.29) is 18.0 Å². The zero-order chi connectivity index (χ0) is 15.0. The molecule has 0 aliphatic heterocycles. The summed E-state index contributed by atoms with van der Waals surface area (Å²) in [7, 11) is 1.72. The van der Waals surface area contributed by atoms with Gasteiger partial charge in [0.1, 0.15) is 11.7 Å². The van der Waals surface area contributed by atoms with Gasteiger partial charge in [0.25, 0.3) is 11.5 Å². The molecule has 1 amide bonds. The SMILES string of the molecule is Cn1ncc2c(=O)n(Cc3ccsc3C(=O)NN)cnc21. The van der Waals surface area contributed by atoms with Gasteiger partial charge in [-0.25, -0.2) is 10.8 Å². The molecule has 8 nitrogen and oxygen atoms in total. The number of fused-ring (bicyclic) bond motifs is 1. The minimum Gasteiger partial charge on any atom is -0.294 e. The fourth-order valence-corrected chi connectivity index (χ4v) is 2.91. The largest absolute Gasteiger partial charge is 0.294 e. The Morgan fingerprint density at radius 2 is 2.33 bits per heavy atom. The lowest BCUT2D eigenvalue weighted by molar-refractivity contribution is 0.0956. The van der Waals surface area contributed by atoms with Gasteiger partial charge in [-0.05, 0) is 17.0 Å². The second-order valence-electron chi connectivity index (χ2n) is 4.43. The molecule has 3 aromatic heterocycles. The van der Waals surface area contributed by atoms with Gasteiger partial charge in [0.05, 0.1) is 17.6 Å². The van der Waals surface area contributed by atoms with E-state index >= 15 is 0 Å². The monoisotopic (exact) mass is 304 g/mol. The van der Waals surface area contributed by atoms with Gasteiger partial charge >= 0.3 is 0 Å². The fraction of sp³-hybridized carbons (Fsp3) is 0.167. The van der Waals surface area contributed by atoms with Crippen LogP contribution in [0.1, 0.15) is 15.2 Å². The van der Waals surface area contributed by atoms with Crippen molar-refractivity contribution in [2.45, 2.75) is 6.54 Å². The standard InChI is InChI=1S/C12H12N6O2S/c1-17-10-8(4-15-17)12(20)18(6-14-10)5-7-2-3-21-9(7)11(19)16-13/h2-4,6H,5,13H2,1H3,(H,16,19). The van der Waals surface area contributed by atoms with E-state index in [0.29, 0.717) is 15.9 Å². The Morgan fingerprint density at radius 1 is 1.52 bits per heavy atom. The summed E-state index contributed by atoms with van der Waals surface area (Å²) in [6.45, 7) is 0.253. The Morgan fingerprint density at radius 3 is 3.10 bits per heavy atom. The number of rotatable bonds is 3. The van der Waals surface area contributed by atoms with Crippen molar-refractivity contribution in [1.82, 2.24) is 24.8 Å². The smallest absolute Gasteiger partial charge is 0.275 e. The van der Waals surface area contributed by atoms with E-state index in [1.807, 2.05) is 0 Å². The third kappa shape index (κ3) is 2.22. The quantitative estimate of drug-likeness (QED) is 0.397. The average molecular weight is 304 g/mol. The third-order valence-electron chi connectivity index (χ3n) is 3.14. The van der Waals surface area contributed by atoms with Gasteiger partial charge in [-0.1, -0.05) is 0 Å². The zero-order valence-corrected chi connectivity index (χ0v) is 11.9. The molecule has 3 rings (SSSR count). The van der Waals surface area contributed by atoms with Crippen LogP contribution in [0.25, 0.3) is 11.0 Å². The maximum Gasteiger partial charge on any atom is 0.275 e. The molecule has 0 saturated heterocycles. The van der Waals surface area contributed by atoms with E-state index in [1.165, 1.54) is 28.4 Å². The number of nitrogen functional groups attached to an aromatic ring is 1. The molecule has 3 heterocycles. The van der Waals surface area contributed by atoms with Crippen molar-refractivity contribution in [3.8, 4) is 0 Å². The van der Waals surface area contributed by atoms with Gasteiger partial charge in [0.15, 0.2) is 5.65 Å². The molecule has 0 aliphatic rings. The fourth-order valence-electron chi connectivity index (χ4n) is 2.09. The highest BCUT2D eigenvalue weighted by Crippen LogP contribution is 2.17. The summed E-state index contributed by atoms with van der Waals surface area (Å²) in [4.78, 5) is 28.7. The Kier molecular flexibility index (Phi) is 3.28. The lowest BCUT2D eigenvalue weighted by Gasteiger charge is -2.06. The van der Waals surface area contributed by atoms with E-state index < -0.39 is 0 Å². The number of aromatic nitrogens is 4. The van der Waals surface area contributed by atoms with E-state index in [4.69, 9.17) is 5.84 Å². The van der Waals surface area contributed by atoms with Crippen molar-refractivity contribution in [3.63, 3.8) is 0 Å². The number of hydrogen-bond acceptors (Lipinski definition) is 6. The van der Waals surface area contributed by atoms with Gasteiger partial charge in [-0.3, -0.25) is 24.3 Å². The predicted molar refractivity (Wildman–Crippen MR) is 77.8 cm³/mol. The first-order valence-electron chi connectivity index (χ1n) is 6.06. The van der Waals surface area contributed by atoms with Crippen LogP contribution in [0.4, 0.5) is 0 Å². The lowest BCUT2D eigenvalue weighted by Crippen LogP contribution is -2.30. The number of carbonyl (C=O) groups excluding carboxylic acids is 1. The summed E-state index contributed by atoms with van der Waals surface area (Å²) in [5.74, 6) is 4.78. The van der Waals surface area contributed by atoms with Crippen LogP contribution in [0.2, 0.25) is 0 Å². The summed E-state index contributed by atoms with van der Waals surface area (Å²) in [5.41, 5.74) is 3.15. The molecule has 0 bridgehead atoms. The highest BCUT2D eigenvalue weighted by molar-refractivity contribution is 7.12. The van der Waals surface area contributed by atoms with Gasteiger partial charge in [0.2, 0.25) is 0 Å². The van der Waals surface area contributed by atoms with Crippen LogP contribution in [-0.4, -0.2) is 25.2 Å².